The number of carbonyl (C=O) groups is 1. The number of hydrogen-bond donors (Lipinski definition) is 2. The second-order valence-electron chi connectivity index (χ2n) is 6.18. The van der Waals surface area contributed by atoms with Gasteiger partial charge in [0.05, 0.1) is 0 Å². The molecule has 0 aromatic heterocycles. The maximum absolute atomic E-state index is 13.0. The van der Waals surface area contributed by atoms with E-state index < -0.39 is 0 Å². The van der Waals surface area contributed by atoms with Crippen molar-refractivity contribution in [3.63, 3.8) is 0 Å². The van der Waals surface area contributed by atoms with Gasteiger partial charge in [-0.05, 0) is 73.0 Å². The molecule has 0 aliphatic heterocycles. The van der Waals surface area contributed by atoms with Crippen molar-refractivity contribution in [1.82, 2.24) is 5.32 Å². The van der Waals surface area contributed by atoms with Gasteiger partial charge in [-0.15, -0.1) is 0 Å². The molecule has 0 fully saturated rings. The van der Waals surface area contributed by atoms with E-state index in [1.807, 2.05) is 6.07 Å². The lowest BCUT2D eigenvalue weighted by Crippen LogP contribution is -2.22. The van der Waals surface area contributed by atoms with Crippen LogP contribution in [0.1, 0.15) is 27.0 Å². The van der Waals surface area contributed by atoms with Gasteiger partial charge >= 0.3 is 0 Å². The van der Waals surface area contributed by atoms with Crippen LogP contribution in [0, 0.1) is 19.7 Å². The van der Waals surface area contributed by atoms with Gasteiger partial charge in [-0.3, -0.25) is 4.79 Å². The van der Waals surface area contributed by atoms with E-state index in [0.29, 0.717) is 28.2 Å². The van der Waals surface area contributed by atoms with Crippen LogP contribution in [0.2, 0.25) is 0 Å². The number of halogens is 1. The number of ether oxygens (including phenoxy) is 1. The van der Waals surface area contributed by atoms with E-state index in [4.69, 9.17) is 4.74 Å². The van der Waals surface area contributed by atoms with Gasteiger partial charge in [-0.2, -0.15) is 0 Å². The first-order valence-corrected chi connectivity index (χ1v) is 8.38. The first-order valence-electron chi connectivity index (χ1n) is 8.38. The number of benzene rings is 3. The van der Waals surface area contributed by atoms with Crippen LogP contribution in [0.3, 0.4) is 0 Å². The fourth-order valence-electron chi connectivity index (χ4n) is 2.47. The lowest BCUT2D eigenvalue weighted by atomic mass is 10.1. The summed E-state index contributed by atoms with van der Waals surface area (Å²) in [6, 6.07) is 15.9. The summed E-state index contributed by atoms with van der Waals surface area (Å²) in [5.41, 5.74) is 2.59. The van der Waals surface area contributed by atoms with Crippen LogP contribution in [-0.4, -0.2) is 11.0 Å². The fraction of sp³-hybridized carbons (Fsp3) is 0.0909. The Balaban J connectivity index is 1.69. The monoisotopic (exact) mass is 364 g/mol. The summed E-state index contributed by atoms with van der Waals surface area (Å²) in [5, 5.41) is 12.5. The summed E-state index contributed by atoms with van der Waals surface area (Å²) < 4.78 is 18.8. The SMILES string of the molecule is [CH2]c1ccc(CNC(=O)c2ccc(C)c(O)c2)cc1Oc1ccc(F)cc1. The van der Waals surface area contributed by atoms with Crippen molar-refractivity contribution >= 4 is 5.91 Å². The molecule has 0 atom stereocenters. The number of amides is 1. The highest BCUT2D eigenvalue weighted by molar-refractivity contribution is 5.94. The van der Waals surface area contributed by atoms with E-state index >= 15 is 0 Å². The van der Waals surface area contributed by atoms with Crippen molar-refractivity contribution in [2.24, 2.45) is 0 Å². The number of rotatable bonds is 5. The second-order valence-corrected chi connectivity index (χ2v) is 6.18. The standard InChI is InChI=1S/C22H19FNO3/c1-14-4-6-17(12-20(14)25)22(26)24-13-16-5-3-15(2)21(11-16)27-19-9-7-18(23)8-10-19/h3-12,25H,2,13H2,1H3,(H,24,26). The van der Waals surface area contributed by atoms with Gasteiger partial charge < -0.3 is 15.2 Å². The summed E-state index contributed by atoms with van der Waals surface area (Å²) in [5.74, 6) is 0.485. The zero-order valence-electron chi connectivity index (χ0n) is 14.8. The maximum Gasteiger partial charge on any atom is 0.251 e. The van der Waals surface area contributed by atoms with Gasteiger partial charge in [0, 0.05) is 12.1 Å². The Morgan fingerprint density at radius 2 is 1.85 bits per heavy atom. The van der Waals surface area contributed by atoms with Crippen LogP contribution in [0.15, 0.2) is 60.7 Å². The van der Waals surface area contributed by atoms with E-state index in [-0.39, 0.29) is 24.0 Å². The molecule has 0 spiro atoms. The van der Waals surface area contributed by atoms with E-state index in [1.165, 1.54) is 30.3 Å². The number of phenols is 1. The van der Waals surface area contributed by atoms with Crippen LogP contribution in [0.5, 0.6) is 17.2 Å². The van der Waals surface area contributed by atoms with Crippen LogP contribution < -0.4 is 10.1 Å². The molecule has 4 nitrogen and oxygen atoms in total. The molecule has 0 unspecified atom stereocenters. The second kappa shape index (κ2) is 7.91. The molecule has 0 aliphatic rings. The number of aryl methyl sites for hydroxylation is 1. The highest BCUT2D eigenvalue weighted by Gasteiger charge is 2.09. The Bertz CT molecular complexity index is 968. The van der Waals surface area contributed by atoms with Gasteiger partial charge in [0.1, 0.15) is 23.1 Å². The minimum atomic E-state index is -0.337. The lowest BCUT2D eigenvalue weighted by Gasteiger charge is -2.12. The number of nitrogens with one attached hydrogen (secondary N) is 1. The van der Waals surface area contributed by atoms with Crippen molar-refractivity contribution < 1.29 is 19.0 Å². The zero-order chi connectivity index (χ0) is 19.4. The zero-order valence-corrected chi connectivity index (χ0v) is 14.8. The van der Waals surface area contributed by atoms with Crippen molar-refractivity contribution in [1.29, 1.82) is 0 Å². The molecule has 1 radical (unpaired) electrons. The molecule has 0 saturated heterocycles. The van der Waals surface area contributed by atoms with Crippen molar-refractivity contribution in [2.45, 2.75) is 13.5 Å². The maximum atomic E-state index is 13.0. The van der Waals surface area contributed by atoms with E-state index in [1.54, 1.807) is 31.2 Å². The van der Waals surface area contributed by atoms with Crippen LogP contribution in [-0.2, 0) is 6.54 Å². The molecule has 5 heteroatoms. The van der Waals surface area contributed by atoms with Crippen LogP contribution in [0.4, 0.5) is 4.39 Å². The Morgan fingerprint density at radius 1 is 1.11 bits per heavy atom. The van der Waals surface area contributed by atoms with Crippen molar-refractivity contribution in [3.05, 3.63) is 95.7 Å². The topological polar surface area (TPSA) is 58.6 Å². The Hall–Kier alpha value is -3.34. The van der Waals surface area contributed by atoms with Gasteiger partial charge in [0.2, 0.25) is 0 Å². The molecule has 0 aliphatic carbocycles. The van der Waals surface area contributed by atoms with Crippen molar-refractivity contribution in [2.75, 3.05) is 0 Å². The average Bonchev–Trinajstić information content (AvgIpc) is 2.66. The number of carbonyl (C=O) groups excluding carboxylic acids is 1. The van der Waals surface area contributed by atoms with E-state index in [2.05, 4.69) is 12.2 Å². The summed E-state index contributed by atoms with van der Waals surface area (Å²) in [4.78, 5) is 12.3. The third-order valence-corrected chi connectivity index (χ3v) is 4.10. The van der Waals surface area contributed by atoms with Crippen molar-refractivity contribution in [3.8, 4) is 17.2 Å². The minimum absolute atomic E-state index is 0.0824. The smallest absolute Gasteiger partial charge is 0.251 e. The van der Waals surface area contributed by atoms with E-state index in [9.17, 15) is 14.3 Å². The predicted molar refractivity (Wildman–Crippen MR) is 101 cm³/mol. The largest absolute Gasteiger partial charge is 0.508 e. The molecule has 3 aromatic rings. The molecule has 0 saturated carbocycles. The predicted octanol–water partition coefficient (Wildman–Crippen LogP) is 4.74. The molecule has 3 aromatic carbocycles. The van der Waals surface area contributed by atoms with Gasteiger partial charge in [-0.1, -0.05) is 18.2 Å². The van der Waals surface area contributed by atoms with Crippen LogP contribution in [0.25, 0.3) is 0 Å². The molecule has 27 heavy (non-hydrogen) atoms. The average molecular weight is 364 g/mol. The Labute approximate surface area is 157 Å². The summed E-state index contributed by atoms with van der Waals surface area (Å²) in [6.45, 7) is 5.97. The molecular weight excluding hydrogens is 345 g/mol. The number of aromatic hydroxyl groups is 1. The number of phenolic OH excluding ortho intramolecular Hbond substituents is 1. The quantitative estimate of drug-likeness (QED) is 0.687. The third kappa shape index (κ3) is 4.64. The Morgan fingerprint density at radius 3 is 2.56 bits per heavy atom. The molecule has 2 N–H and O–H groups in total. The molecule has 0 bridgehead atoms. The number of hydrogen-bond acceptors (Lipinski definition) is 3. The normalized spacial score (nSPS) is 10.5. The molecule has 137 valence electrons. The fourth-order valence-corrected chi connectivity index (χ4v) is 2.47. The summed E-state index contributed by atoms with van der Waals surface area (Å²) in [6.07, 6.45) is 0. The van der Waals surface area contributed by atoms with Gasteiger partial charge in [-0.25, -0.2) is 4.39 Å². The molecule has 3 rings (SSSR count). The summed E-state index contributed by atoms with van der Waals surface area (Å²) >= 11 is 0. The summed E-state index contributed by atoms with van der Waals surface area (Å²) in [7, 11) is 0. The first-order chi connectivity index (χ1) is 12.9. The lowest BCUT2D eigenvalue weighted by molar-refractivity contribution is 0.0950. The highest BCUT2D eigenvalue weighted by Crippen LogP contribution is 2.26. The highest BCUT2D eigenvalue weighted by atomic mass is 19.1. The first kappa shape index (κ1) is 18.5. The minimum Gasteiger partial charge on any atom is -0.508 e. The third-order valence-electron chi connectivity index (χ3n) is 4.10. The van der Waals surface area contributed by atoms with Gasteiger partial charge in [0.25, 0.3) is 5.91 Å². The van der Waals surface area contributed by atoms with Crippen LogP contribution >= 0.6 is 0 Å². The van der Waals surface area contributed by atoms with E-state index in [0.717, 1.165) is 5.56 Å². The molecular formula is C22H19FNO3. The Kier molecular flexibility index (Phi) is 5.41. The molecule has 0 heterocycles. The molecule has 1 amide bonds. The van der Waals surface area contributed by atoms with Gasteiger partial charge in [0.15, 0.2) is 0 Å².